The van der Waals surface area contributed by atoms with Gasteiger partial charge < -0.3 is 14.6 Å². The standard InChI is InChI=1S/C17H13NO4/c1-21-15-10-11(7-8-14(15)19)9-13-17(20)22-16(18-13)12-5-3-2-4-6-12/h2-10,19H,1H3/b13-9+. The fraction of sp³-hybridized carbons (Fsp3) is 0.0588. The van der Waals surface area contributed by atoms with Crippen molar-refractivity contribution in [3.63, 3.8) is 0 Å². The third kappa shape index (κ3) is 2.69. The van der Waals surface area contributed by atoms with E-state index in [9.17, 15) is 9.90 Å². The van der Waals surface area contributed by atoms with Crippen LogP contribution in [0.2, 0.25) is 0 Å². The van der Waals surface area contributed by atoms with Gasteiger partial charge in [0.2, 0.25) is 5.90 Å². The number of ether oxygens (including phenoxy) is 2. The quantitative estimate of drug-likeness (QED) is 0.698. The van der Waals surface area contributed by atoms with Gasteiger partial charge in [-0.2, -0.15) is 0 Å². The maximum absolute atomic E-state index is 11.9. The van der Waals surface area contributed by atoms with Crippen LogP contribution in [0.15, 0.2) is 59.2 Å². The summed E-state index contributed by atoms with van der Waals surface area (Å²) in [5.74, 6) is 0.133. The molecule has 2 aromatic carbocycles. The number of methoxy groups -OCH3 is 1. The van der Waals surface area contributed by atoms with Crippen LogP contribution in [0, 0.1) is 0 Å². The first-order chi connectivity index (χ1) is 10.7. The number of phenols is 1. The van der Waals surface area contributed by atoms with Gasteiger partial charge in [0.1, 0.15) is 0 Å². The van der Waals surface area contributed by atoms with E-state index in [0.717, 1.165) is 5.56 Å². The van der Waals surface area contributed by atoms with Crippen molar-refractivity contribution in [2.45, 2.75) is 0 Å². The lowest BCUT2D eigenvalue weighted by Gasteiger charge is -2.03. The van der Waals surface area contributed by atoms with Gasteiger partial charge in [-0.3, -0.25) is 0 Å². The normalized spacial score (nSPS) is 15.6. The topological polar surface area (TPSA) is 68.1 Å². The molecule has 5 nitrogen and oxygen atoms in total. The highest BCUT2D eigenvalue weighted by molar-refractivity contribution is 6.12. The molecule has 1 heterocycles. The van der Waals surface area contributed by atoms with Crippen molar-refractivity contribution in [3.05, 3.63) is 65.4 Å². The number of benzene rings is 2. The summed E-state index contributed by atoms with van der Waals surface area (Å²) in [6.45, 7) is 0. The molecule has 0 aromatic heterocycles. The second kappa shape index (κ2) is 5.73. The van der Waals surface area contributed by atoms with Crippen molar-refractivity contribution in [3.8, 4) is 11.5 Å². The minimum Gasteiger partial charge on any atom is -0.504 e. The minimum atomic E-state index is -0.508. The summed E-state index contributed by atoms with van der Waals surface area (Å²) in [7, 11) is 1.46. The van der Waals surface area contributed by atoms with Crippen molar-refractivity contribution in [2.75, 3.05) is 7.11 Å². The number of hydrogen-bond donors (Lipinski definition) is 1. The number of aliphatic imine (C=N–C) groups is 1. The molecule has 2 aromatic rings. The first kappa shape index (κ1) is 13.9. The molecule has 110 valence electrons. The molecule has 0 spiro atoms. The highest BCUT2D eigenvalue weighted by atomic mass is 16.6. The van der Waals surface area contributed by atoms with Gasteiger partial charge in [0.25, 0.3) is 0 Å². The molecule has 0 aliphatic carbocycles. The Kier molecular flexibility index (Phi) is 3.62. The van der Waals surface area contributed by atoms with E-state index in [2.05, 4.69) is 4.99 Å². The number of hydrogen-bond acceptors (Lipinski definition) is 5. The van der Waals surface area contributed by atoms with Gasteiger partial charge in [0.05, 0.1) is 7.11 Å². The van der Waals surface area contributed by atoms with Crippen LogP contribution in [-0.4, -0.2) is 24.1 Å². The summed E-state index contributed by atoms with van der Waals surface area (Å²) < 4.78 is 10.2. The summed E-state index contributed by atoms with van der Waals surface area (Å²) >= 11 is 0. The molecule has 22 heavy (non-hydrogen) atoms. The number of rotatable bonds is 3. The van der Waals surface area contributed by atoms with Crippen LogP contribution in [0.4, 0.5) is 0 Å². The van der Waals surface area contributed by atoms with Crippen molar-refractivity contribution in [2.24, 2.45) is 4.99 Å². The number of aromatic hydroxyl groups is 1. The van der Waals surface area contributed by atoms with Gasteiger partial charge in [0.15, 0.2) is 17.2 Å². The first-order valence-electron chi connectivity index (χ1n) is 6.62. The highest BCUT2D eigenvalue weighted by Gasteiger charge is 2.23. The summed E-state index contributed by atoms with van der Waals surface area (Å²) in [4.78, 5) is 16.1. The number of nitrogens with zero attached hydrogens (tertiary/aromatic N) is 1. The summed E-state index contributed by atoms with van der Waals surface area (Å²) in [5, 5.41) is 9.57. The van der Waals surface area contributed by atoms with E-state index in [4.69, 9.17) is 9.47 Å². The predicted octanol–water partition coefficient (Wildman–Crippen LogP) is 2.75. The molecule has 1 N–H and O–H groups in total. The van der Waals surface area contributed by atoms with E-state index >= 15 is 0 Å². The average molecular weight is 295 g/mol. The van der Waals surface area contributed by atoms with Gasteiger partial charge in [-0.1, -0.05) is 24.3 Å². The number of cyclic esters (lactones) is 1. The number of carbonyl (C=O) groups is 1. The molecular weight excluding hydrogens is 282 g/mol. The maximum Gasteiger partial charge on any atom is 0.363 e. The highest BCUT2D eigenvalue weighted by Crippen LogP contribution is 2.28. The van der Waals surface area contributed by atoms with Crippen molar-refractivity contribution in [1.82, 2.24) is 0 Å². The smallest absolute Gasteiger partial charge is 0.363 e. The van der Waals surface area contributed by atoms with E-state index in [0.29, 0.717) is 11.3 Å². The largest absolute Gasteiger partial charge is 0.504 e. The minimum absolute atomic E-state index is 0.0344. The molecule has 5 heteroatoms. The molecule has 0 fully saturated rings. The predicted molar refractivity (Wildman–Crippen MR) is 81.7 cm³/mol. The Bertz CT molecular complexity index is 779. The Morgan fingerprint density at radius 2 is 1.95 bits per heavy atom. The maximum atomic E-state index is 11.9. The second-order valence-electron chi connectivity index (χ2n) is 4.63. The van der Waals surface area contributed by atoms with Crippen LogP contribution >= 0.6 is 0 Å². The Morgan fingerprint density at radius 1 is 1.18 bits per heavy atom. The third-order valence-corrected chi connectivity index (χ3v) is 3.15. The third-order valence-electron chi connectivity index (χ3n) is 3.15. The lowest BCUT2D eigenvalue weighted by molar-refractivity contribution is -0.129. The van der Waals surface area contributed by atoms with E-state index in [-0.39, 0.29) is 17.3 Å². The van der Waals surface area contributed by atoms with E-state index in [1.54, 1.807) is 18.2 Å². The molecule has 1 aliphatic rings. The molecule has 0 saturated carbocycles. The fourth-order valence-electron chi connectivity index (χ4n) is 2.06. The molecule has 1 aliphatic heterocycles. The van der Waals surface area contributed by atoms with Gasteiger partial charge in [0, 0.05) is 5.56 Å². The molecule has 0 amide bonds. The number of carbonyl (C=O) groups excluding carboxylic acids is 1. The number of esters is 1. The Balaban J connectivity index is 1.94. The number of phenolic OH excluding ortho intramolecular Hbond substituents is 1. The lowest BCUT2D eigenvalue weighted by Crippen LogP contribution is -2.04. The van der Waals surface area contributed by atoms with Crippen molar-refractivity contribution in [1.29, 1.82) is 0 Å². The summed E-state index contributed by atoms with van der Waals surface area (Å²) in [6, 6.07) is 14.0. The molecular formula is C17H13NO4. The molecule has 0 unspecified atom stereocenters. The van der Waals surface area contributed by atoms with Crippen LogP contribution in [0.3, 0.4) is 0 Å². The van der Waals surface area contributed by atoms with Gasteiger partial charge in [-0.25, -0.2) is 9.79 Å². The molecule has 0 saturated heterocycles. The van der Waals surface area contributed by atoms with Gasteiger partial charge in [-0.05, 0) is 35.9 Å². The second-order valence-corrected chi connectivity index (χ2v) is 4.63. The van der Waals surface area contributed by atoms with Crippen molar-refractivity contribution >= 4 is 17.9 Å². The Hall–Kier alpha value is -3.08. The Labute approximate surface area is 127 Å². The van der Waals surface area contributed by atoms with E-state index in [1.165, 1.54) is 13.2 Å². The molecule has 0 bridgehead atoms. The van der Waals surface area contributed by atoms with Crippen LogP contribution in [0.25, 0.3) is 6.08 Å². The zero-order valence-corrected chi connectivity index (χ0v) is 11.8. The Morgan fingerprint density at radius 3 is 2.68 bits per heavy atom. The van der Waals surface area contributed by atoms with Crippen LogP contribution in [-0.2, 0) is 9.53 Å². The fourth-order valence-corrected chi connectivity index (χ4v) is 2.06. The lowest BCUT2D eigenvalue weighted by atomic mass is 10.1. The van der Waals surface area contributed by atoms with E-state index in [1.807, 2.05) is 30.3 Å². The average Bonchev–Trinajstić information content (AvgIpc) is 2.91. The first-order valence-corrected chi connectivity index (χ1v) is 6.62. The molecule has 3 rings (SSSR count). The summed E-state index contributed by atoms with van der Waals surface area (Å²) in [6.07, 6.45) is 1.58. The van der Waals surface area contributed by atoms with Crippen molar-refractivity contribution < 1.29 is 19.4 Å². The van der Waals surface area contributed by atoms with Gasteiger partial charge >= 0.3 is 5.97 Å². The van der Waals surface area contributed by atoms with Crippen LogP contribution < -0.4 is 4.74 Å². The van der Waals surface area contributed by atoms with Crippen LogP contribution in [0.1, 0.15) is 11.1 Å². The van der Waals surface area contributed by atoms with E-state index < -0.39 is 5.97 Å². The zero-order chi connectivity index (χ0) is 15.5. The monoisotopic (exact) mass is 295 g/mol. The SMILES string of the molecule is COc1cc(/C=C2/N=C(c3ccccc3)OC2=O)ccc1O. The summed E-state index contributed by atoms with van der Waals surface area (Å²) in [5.41, 5.74) is 1.62. The van der Waals surface area contributed by atoms with Crippen LogP contribution in [0.5, 0.6) is 11.5 Å². The van der Waals surface area contributed by atoms with Gasteiger partial charge in [-0.15, -0.1) is 0 Å². The molecule has 0 radical (unpaired) electrons. The zero-order valence-electron chi connectivity index (χ0n) is 11.8. The molecule has 0 atom stereocenters.